The lowest BCUT2D eigenvalue weighted by Gasteiger charge is -2.16. The van der Waals surface area contributed by atoms with Crippen molar-refractivity contribution in [1.82, 2.24) is 10.2 Å². The molecule has 0 saturated heterocycles. The SMILES string of the molecule is Cc1ccc(CN(C)C(=O)NCCCC(=O)O)o1. The van der Waals surface area contributed by atoms with E-state index >= 15 is 0 Å². The summed E-state index contributed by atoms with van der Waals surface area (Å²) in [6.07, 6.45) is 0.482. The molecule has 0 fully saturated rings. The molecule has 0 aliphatic rings. The van der Waals surface area contributed by atoms with Crippen molar-refractivity contribution in [3.05, 3.63) is 23.7 Å². The molecule has 0 aliphatic carbocycles. The minimum Gasteiger partial charge on any atom is -0.481 e. The molecular formula is C12H18N2O4. The van der Waals surface area contributed by atoms with Crippen LogP contribution in [-0.4, -0.2) is 35.6 Å². The third-order valence-corrected chi connectivity index (χ3v) is 2.38. The summed E-state index contributed by atoms with van der Waals surface area (Å²) < 4.78 is 5.36. The van der Waals surface area contributed by atoms with Crippen LogP contribution in [-0.2, 0) is 11.3 Å². The summed E-state index contributed by atoms with van der Waals surface area (Å²) in [6, 6.07) is 3.42. The monoisotopic (exact) mass is 254 g/mol. The van der Waals surface area contributed by atoms with Crippen LogP contribution >= 0.6 is 0 Å². The summed E-state index contributed by atoms with van der Waals surface area (Å²) in [4.78, 5) is 23.4. The van der Waals surface area contributed by atoms with Gasteiger partial charge in [-0.1, -0.05) is 0 Å². The van der Waals surface area contributed by atoms with E-state index in [0.29, 0.717) is 19.5 Å². The molecule has 0 bridgehead atoms. The Hall–Kier alpha value is -1.98. The number of carbonyl (C=O) groups is 2. The minimum absolute atomic E-state index is 0.0569. The zero-order valence-corrected chi connectivity index (χ0v) is 10.6. The number of nitrogens with zero attached hydrogens (tertiary/aromatic N) is 1. The number of hydrogen-bond acceptors (Lipinski definition) is 3. The largest absolute Gasteiger partial charge is 0.481 e. The van der Waals surface area contributed by atoms with E-state index in [1.807, 2.05) is 19.1 Å². The van der Waals surface area contributed by atoms with Crippen LogP contribution in [0.2, 0.25) is 0 Å². The predicted octanol–water partition coefficient (Wildman–Crippen LogP) is 1.59. The predicted molar refractivity (Wildman–Crippen MR) is 65.2 cm³/mol. The summed E-state index contributed by atoms with van der Waals surface area (Å²) >= 11 is 0. The minimum atomic E-state index is -0.858. The van der Waals surface area contributed by atoms with Crippen molar-refractivity contribution in [3.63, 3.8) is 0 Å². The van der Waals surface area contributed by atoms with Crippen LogP contribution in [0.3, 0.4) is 0 Å². The van der Waals surface area contributed by atoms with Crippen LogP contribution in [0.4, 0.5) is 4.79 Å². The van der Waals surface area contributed by atoms with Crippen molar-refractivity contribution < 1.29 is 19.1 Å². The lowest BCUT2D eigenvalue weighted by molar-refractivity contribution is -0.137. The summed E-state index contributed by atoms with van der Waals surface area (Å²) in [5.41, 5.74) is 0. The molecule has 6 heteroatoms. The van der Waals surface area contributed by atoms with Crippen molar-refractivity contribution in [2.24, 2.45) is 0 Å². The second-order valence-electron chi connectivity index (χ2n) is 4.10. The number of carbonyl (C=O) groups excluding carboxylic acids is 1. The molecule has 0 spiro atoms. The number of carboxylic acid groups (broad SMARTS) is 1. The molecule has 0 radical (unpaired) electrons. The Morgan fingerprint density at radius 2 is 2.17 bits per heavy atom. The van der Waals surface area contributed by atoms with Crippen LogP contribution in [0.1, 0.15) is 24.4 Å². The molecule has 2 amide bonds. The molecule has 0 atom stereocenters. The number of amides is 2. The molecular weight excluding hydrogens is 236 g/mol. The van der Waals surface area contributed by atoms with E-state index in [0.717, 1.165) is 11.5 Å². The van der Waals surface area contributed by atoms with E-state index in [1.165, 1.54) is 4.90 Å². The maximum Gasteiger partial charge on any atom is 0.317 e. The quantitative estimate of drug-likeness (QED) is 0.755. The average Bonchev–Trinajstić information content (AvgIpc) is 2.69. The fourth-order valence-electron chi connectivity index (χ4n) is 1.45. The normalized spacial score (nSPS) is 10.1. The lowest BCUT2D eigenvalue weighted by Crippen LogP contribution is -2.37. The van der Waals surface area contributed by atoms with Crippen LogP contribution in [0.5, 0.6) is 0 Å². The Kier molecular flexibility index (Phi) is 5.23. The molecule has 100 valence electrons. The number of hydrogen-bond donors (Lipinski definition) is 2. The van der Waals surface area contributed by atoms with Crippen LogP contribution in [0.25, 0.3) is 0 Å². The van der Waals surface area contributed by atoms with Gasteiger partial charge in [-0.05, 0) is 25.5 Å². The molecule has 1 rings (SSSR count). The Balaban J connectivity index is 2.26. The first-order valence-corrected chi connectivity index (χ1v) is 5.75. The molecule has 0 aromatic carbocycles. The Morgan fingerprint density at radius 3 is 2.72 bits per heavy atom. The van der Waals surface area contributed by atoms with E-state index in [4.69, 9.17) is 9.52 Å². The van der Waals surface area contributed by atoms with Gasteiger partial charge in [0.25, 0.3) is 0 Å². The highest BCUT2D eigenvalue weighted by Crippen LogP contribution is 2.08. The standard InChI is InChI=1S/C12H18N2O4/c1-9-5-6-10(18-9)8-14(2)12(17)13-7-3-4-11(15)16/h5-6H,3-4,7-8H2,1-2H3,(H,13,17)(H,15,16). The topological polar surface area (TPSA) is 82.8 Å². The first-order valence-electron chi connectivity index (χ1n) is 5.75. The molecule has 0 aliphatic heterocycles. The zero-order valence-electron chi connectivity index (χ0n) is 10.6. The third kappa shape index (κ3) is 4.90. The Labute approximate surface area is 106 Å². The van der Waals surface area contributed by atoms with Gasteiger partial charge >= 0.3 is 12.0 Å². The number of nitrogens with one attached hydrogen (secondary N) is 1. The Bertz CT molecular complexity index is 414. The third-order valence-electron chi connectivity index (χ3n) is 2.38. The molecule has 0 unspecified atom stereocenters. The van der Waals surface area contributed by atoms with Gasteiger partial charge in [-0.2, -0.15) is 0 Å². The fourth-order valence-corrected chi connectivity index (χ4v) is 1.45. The number of furan rings is 1. The smallest absolute Gasteiger partial charge is 0.317 e. The van der Waals surface area contributed by atoms with Gasteiger partial charge in [-0.3, -0.25) is 4.79 Å². The number of rotatable bonds is 6. The fraction of sp³-hybridized carbons (Fsp3) is 0.500. The van der Waals surface area contributed by atoms with E-state index in [9.17, 15) is 9.59 Å². The van der Waals surface area contributed by atoms with Crippen LogP contribution in [0.15, 0.2) is 16.5 Å². The van der Waals surface area contributed by atoms with Gasteiger partial charge < -0.3 is 19.7 Å². The highest BCUT2D eigenvalue weighted by Gasteiger charge is 2.10. The molecule has 6 nitrogen and oxygen atoms in total. The number of urea groups is 1. The maximum absolute atomic E-state index is 11.6. The molecule has 18 heavy (non-hydrogen) atoms. The molecule has 2 N–H and O–H groups in total. The molecule has 1 aromatic heterocycles. The highest BCUT2D eigenvalue weighted by atomic mass is 16.4. The van der Waals surface area contributed by atoms with E-state index < -0.39 is 5.97 Å². The number of aryl methyl sites for hydroxylation is 1. The van der Waals surface area contributed by atoms with Gasteiger partial charge in [-0.25, -0.2) is 4.79 Å². The van der Waals surface area contributed by atoms with Gasteiger partial charge in [-0.15, -0.1) is 0 Å². The van der Waals surface area contributed by atoms with Crippen molar-refractivity contribution in [2.45, 2.75) is 26.3 Å². The van der Waals surface area contributed by atoms with E-state index in [2.05, 4.69) is 5.32 Å². The first-order chi connectivity index (χ1) is 8.49. The van der Waals surface area contributed by atoms with Gasteiger partial charge in [0.15, 0.2) is 0 Å². The van der Waals surface area contributed by atoms with Crippen molar-refractivity contribution in [2.75, 3.05) is 13.6 Å². The van der Waals surface area contributed by atoms with E-state index in [1.54, 1.807) is 7.05 Å². The molecule has 1 aromatic rings. The van der Waals surface area contributed by atoms with Crippen molar-refractivity contribution in [1.29, 1.82) is 0 Å². The van der Waals surface area contributed by atoms with E-state index in [-0.39, 0.29) is 12.5 Å². The molecule has 1 heterocycles. The maximum atomic E-state index is 11.6. The number of carboxylic acids is 1. The van der Waals surface area contributed by atoms with Crippen LogP contribution in [0, 0.1) is 6.92 Å². The number of aliphatic carboxylic acids is 1. The second kappa shape index (κ2) is 6.68. The lowest BCUT2D eigenvalue weighted by atomic mass is 10.3. The van der Waals surface area contributed by atoms with Gasteiger partial charge in [0.1, 0.15) is 11.5 Å². The van der Waals surface area contributed by atoms with Crippen molar-refractivity contribution in [3.8, 4) is 0 Å². The first kappa shape index (κ1) is 14.1. The molecule has 0 saturated carbocycles. The van der Waals surface area contributed by atoms with Gasteiger partial charge in [0, 0.05) is 20.0 Å². The summed E-state index contributed by atoms with van der Waals surface area (Å²) in [6.45, 7) is 2.58. The summed E-state index contributed by atoms with van der Waals surface area (Å²) in [7, 11) is 1.66. The zero-order chi connectivity index (χ0) is 13.5. The van der Waals surface area contributed by atoms with Crippen molar-refractivity contribution >= 4 is 12.0 Å². The van der Waals surface area contributed by atoms with Crippen LogP contribution < -0.4 is 5.32 Å². The summed E-state index contributed by atoms with van der Waals surface area (Å²) in [5, 5.41) is 11.1. The van der Waals surface area contributed by atoms with Gasteiger partial charge in [0.2, 0.25) is 0 Å². The summed E-state index contributed by atoms with van der Waals surface area (Å²) in [5.74, 6) is 0.666. The Morgan fingerprint density at radius 1 is 1.44 bits per heavy atom. The average molecular weight is 254 g/mol. The second-order valence-corrected chi connectivity index (χ2v) is 4.10. The van der Waals surface area contributed by atoms with Gasteiger partial charge in [0.05, 0.1) is 6.54 Å². The highest BCUT2D eigenvalue weighted by molar-refractivity contribution is 5.73.